The molecule has 1 aliphatic heterocycles. The highest BCUT2D eigenvalue weighted by Gasteiger charge is 2.69. The van der Waals surface area contributed by atoms with Gasteiger partial charge in [-0.2, -0.15) is 0 Å². The Morgan fingerprint density at radius 1 is 1.08 bits per heavy atom. The molecule has 0 aromatic heterocycles. The Morgan fingerprint density at radius 2 is 1.69 bits per heavy atom. The molecule has 0 bridgehead atoms. The quantitative estimate of drug-likeness (QED) is 0.225. The van der Waals surface area contributed by atoms with Crippen LogP contribution in [0.5, 0.6) is 0 Å². The van der Waals surface area contributed by atoms with Crippen molar-refractivity contribution in [1.29, 1.82) is 0 Å². The second kappa shape index (κ2) is 11.1. The maximum atomic E-state index is 13.9. The van der Waals surface area contributed by atoms with Gasteiger partial charge in [-0.25, -0.2) is 4.79 Å². The van der Waals surface area contributed by atoms with Gasteiger partial charge in [-0.15, -0.1) is 0 Å². The first-order valence-corrected chi connectivity index (χ1v) is 13.7. The molecule has 216 valence electrons. The number of allylic oxidation sites excluding steroid dienone is 1. The first kappa shape index (κ1) is 30.3. The number of likely N-dealkylation sites (tertiary alicyclic amines) is 1. The van der Waals surface area contributed by atoms with Crippen molar-refractivity contribution in [3.63, 3.8) is 0 Å². The average Bonchev–Trinajstić information content (AvgIpc) is 3.12. The molecule has 11 heteroatoms. The van der Waals surface area contributed by atoms with Gasteiger partial charge in [-0.1, -0.05) is 26.8 Å². The first-order valence-electron chi connectivity index (χ1n) is 13.7. The summed E-state index contributed by atoms with van der Waals surface area (Å²) >= 11 is 0. The topological polar surface area (TPSA) is 168 Å². The Labute approximate surface area is 230 Å². The van der Waals surface area contributed by atoms with Crippen LogP contribution < -0.4 is 21.7 Å². The van der Waals surface area contributed by atoms with Gasteiger partial charge in [0.15, 0.2) is 5.78 Å². The molecule has 5 atom stereocenters. The van der Waals surface area contributed by atoms with Crippen LogP contribution in [0.4, 0.5) is 4.79 Å². The summed E-state index contributed by atoms with van der Waals surface area (Å²) in [7, 11) is 0. The number of nitrogens with zero attached hydrogens (tertiary/aromatic N) is 1. The van der Waals surface area contributed by atoms with Gasteiger partial charge in [0.25, 0.3) is 5.91 Å². The van der Waals surface area contributed by atoms with E-state index in [0.717, 1.165) is 6.42 Å². The second-order valence-electron chi connectivity index (χ2n) is 12.9. The zero-order valence-electron chi connectivity index (χ0n) is 23.9. The van der Waals surface area contributed by atoms with Crippen LogP contribution in [0.25, 0.3) is 0 Å². The molecule has 3 fully saturated rings. The van der Waals surface area contributed by atoms with Gasteiger partial charge in [-0.05, 0) is 75.7 Å². The van der Waals surface area contributed by atoms with E-state index in [9.17, 15) is 28.8 Å². The monoisotopic (exact) mass is 545 g/mol. The largest absolute Gasteiger partial charge is 0.363 e. The van der Waals surface area contributed by atoms with E-state index in [4.69, 9.17) is 5.73 Å². The number of hydrogen-bond acceptors (Lipinski definition) is 6. The molecular weight excluding hydrogens is 502 g/mol. The van der Waals surface area contributed by atoms with Crippen molar-refractivity contribution in [2.45, 2.75) is 97.3 Å². The van der Waals surface area contributed by atoms with E-state index in [-0.39, 0.29) is 41.8 Å². The Bertz CT molecular complexity index is 1070. The third-order valence-electron chi connectivity index (χ3n) is 8.43. The summed E-state index contributed by atoms with van der Waals surface area (Å²) in [6.07, 6.45) is 2.32. The van der Waals surface area contributed by atoms with Gasteiger partial charge in [0.2, 0.25) is 17.6 Å². The fraction of sp³-hybridized carbons (Fsp3) is 0.714. The fourth-order valence-corrected chi connectivity index (χ4v) is 5.86. The zero-order valence-corrected chi connectivity index (χ0v) is 23.9. The number of carbonyl (C=O) groups excluding carboxylic acids is 6. The van der Waals surface area contributed by atoms with Crippen molar-refractivity contribution in [2.75, 3.05) is 6.54 Å². The van der Waals surface area contributed by atoms with Crippen LogP contribution in [0.3, 0.4) is 0 Å². The molecule has 0 radical (unpaired) electrons. The van der Waals surface area contributed by atoms with Crippen LogP contribution >= 0.6 is 0 Å². The van der Waals surface area contributed by atoms with Crippen molar-refractivity contribution < 1.29 is 28.8 Å². The summed E-state index contributed by atoms with van der Waals surface area (Å²) < 4.78 is 0. The molecule has 39 heavy (non-hydrogen) atoms. The van der Waals surface area contributed by atoms with Crippen molar-refractivity contribution in [3.8, 4) is 0 Å². The van der Waals surface area contributed by atoms with Crippen molar-refractivity contribution in [2.24, 2.45) is 28.9 Å². The molecule has 2 saturated carbocycles. The minimum Gasteiger partial charge on any atom is -0.363 e. The second-order valence-corrected chi connectivity index (χ2v) is 12.9. The summed E-state index contributed by atoms with van der Waals surface area (Å²) in [5, 5.41) is 8.20. The van der Waals surface area contributed by atoms with Crippen LogP contribution in [0, 0.1) is 23.2 Å². The minimum absolute atomic E-state index is 0.00145. The highest BCUT2D eigenvalue weighted by molar-refractivity contribution is 6.38. The van der Waals surface area contributed by atoms with E-state index in [1.807, 2.05) is 13.8 Å². The van der Waals surface area contributed by atoms with Gasteiger partial charge in [0, 0.05) is 18.5 Å². The number of amides is 5. The maximum Gasteiger partial charge on any atom is 0.315 e. The Balaban J connectivity index is 1.84. The predicted octanol–water partition coefficient (Wildman–Crippen LogP) is 1.20. The molecular formula is C28H43N5O6. The number of primary amides is 1. The lowest BCUT2D eigenvalue weighted by molar-refractivity contribution is -0.144. The highest BCUT2D eigenvalue weighted by atomic mass is 16.2. The van der Waals surface area contributed by atoms with E-state index in [0.29, 0.717) is 25.0 Å². The molecule has 5 amide bonds. The lowest BCUT2D eigenvalue weighted by atomic mass is 9.78. The lowest BCUT2D eigenvalue weighted by Gasteiger charge is -2.36. The summed E-state index contributed by atoms with van der Waals surface area (Å²) in [4.78, 5) is 78.2. The molecule has 4 unspecified atom stereocenters. The van der Waals surface area contributed by atoms with Gasteiger partial charge < -0.3 is 26.6 Å². The van der Waals surface area contributed by atoms with Gasteiger partial charge in [0.1, 0.15) is 18.1 Å². The molecule has 0 aromatic rings. The van der Waals surface area contributed by atoms with Crippen molar-refractivity contribution in [1.82, 2.24) is 20.9 Å². The van der Waals surface area contributed by atoms with E-state index < -0.39 is 53.2 Å². The fourth-order valence-electron chi connectivity index (χ4n) is 5.86. The lowest BCUT2D eigenvalue weighted by Crippen LogP contribution is -2.60. The summed E-state index contributed by atoms with van der Waals surface area (Å²) in [6, 6.07) is -3.53. The Hall–Kier alpha value is -3.24. The van der Waals surface area contributed by atoms with Crippen LogP contribution in [0.15, 0.2) is 12.2 Å². The molecule has 3 rings (SSSR count). The third-order valence-corrected chi connectivity index (χ3v) is 8.43. The molecule has 3 aliphatic rings. The van der Waals surface area contributed by atoms with E-state index in [1.54, 1.807) is 27.7 Å². The first-order chi connectivity index (χ1) is 18.0. The number of fused-ring (bicyclic) bond motifs is 1. The van der Waals surface area contributed by atoms with E-state index in [1.165, 1.54) is 4.90 Å². The number of nitrogens with two attached hydrogens (primary N) is 1. The molecule has 1 heterocycles. The minimum atomic E-state index is -1.10. The van der Waals surface area contributed by atoms with E-state index in [2.05, 4.69) is 22.5 Å². The number of Topliss-reactive ketones (excluding diaryl/α,β-unsaturated/α-hetero) is 2. The summed E-state index contributed by atoms with van der Waals surface area (Å²) in [6.45, 7) is 15.0. The smallest absolute Gasteiger partial charge is 0.315 e. The maximum absolute atomic E-state index is 13.9. The Kier molecular flexibility index (Phi) is 8.62. The number of piperidine rings is 1. The van der Waals surface area contributed by atoms with E-state index >= 15 is 0 Å². The molecule has 1 saturated heterocycles. The molecule has 5 N–H and O–H groups in total. The standard InChI is InChI=1S/C28H43N5O6/c1-14(2)18(34)12-11-17(30-26(39)32-27(3,4)5)25(38)33-13-16-19(28(16,6)7)21(33)24(37)31-20(15-9-8-10-15)22(35)23(29)36/h15-17,19-21H,1,8-13H2,2-7H3,(H2,29,36)(H,31,37)(H2,30,32,39)/t16?,17-,19?,20?,21?/m0/s1. The zero-order chi connectivity index (χ0) is 29.4. The van der Waals surface area contributed by atoms with Crippen LogP contribution in [0.1, 0.15) is 73.6 Å². The molecule has 2 aliphatic carbocycles. The third kappa shape index (κ3) is 6.67. The van der Waals surface area contributed by atoms with Gasteiger partial charge in [0.05, 0.1) is 0 Å². The van der Waals surface area contributed by atoms with Gasteiger partial charge in [-0.3, -0.25) is 24.0 Å². The predicted molar refractivity (Wildman–Crippen MR) is 144 cm³/mol. The number of nitrogens with one attached hydrogen (secondary N) is 3. The number of rotatable bonds is 11. The average molecular weight is 546 g/mol. The number of ketones is 2. The van der Waals surface area contributed by atoms with Crippen molar-refractivity contribution in [3.05, 3.63) is 12.2 Å². The van der Waals surface area contributed by atoms with Crippen LogP contribution in [-0.2, 0) is 24.0 Å². The normalized spacial score (nSPS) is 24.9. The number of hydrogen-bond donors (Lipinski definition) is 4. The SMILES string of the molecule is C=C(C)C(=O)CC[C@H](NC(=O)NC(C)(C)C)C(=O)N1CC2C(C1C(=O)NC(C(=O)C(N)=O)C1CCC1)C2(C)C. The summed E-state index contributed by atoms with van der Waals surface area (Å²) in [5.74, 6) is -3.41. The Morgan fingerprint density at radius 3 is 2.18 bits per heavy atom. The van der Waals surface area contributed by atoms with Crippen LogP contribution in [0.2, 0.25) is 0 Å². The molecule has 11 nitrogen and oxygen atoms in total. The summed E-state index contributed by atoms with van der Waals surface area (Å²) in [5.41, 5.74) is 4.86. The molecule has 0 aromatic carbocycles. The molecule has 0 spiro atoms. The van der Waals surface area contributed by atoms with Crippen molar-refractivity contribution >= 4 is 35.3 Å². The number of urea groups is 1. The highest BCUT2D eigenvalue weighted by Crippen LogP contribution is 2.65. The number of carbonyl (C=O) groups is 6. The van der Waals surface area contributed by atoms with Gasteiger partial charge >= 0.3 is 6.03 Å². The van der Waals surface area contributed by atoms with Crippen LogP contribution in [-0.4, -0.2) is 70.4 Å².